The second-order valence-corrected chi connectivity index (χ2v) is 4.32. The standard InChI is InChI=1S/C11H20O2/c1-9(11(12)13)7-8-10-5-3-2-4-6-10/h9-10H,2-8H2,1H3,(H,12,13)/t9-/m1/s1. The molecule has 0 aromatic rings. The molecule has 0 spiro atoms. The minimum atomic E-state index is -0.643. The zero-order valence-electron chi connectivity index (χ0n) is 8.46. The van der Waals surface area contributed by atoms with Crippen LogP contribution in [0.2, 0.25) is 0 Å². The molecule has 2 heteroatoms. The second-order valence-electron chi connectivity index (χ2n) is 4.32. The first-order valence-corrected chi connectivity index (χ1v) is 5.43. The monoisotopic (exact) mass is 184 g/mol. The van der Waals surface area contributed by atoms with Crippen molar-refractivity contribution >= 4 is 5.97 Å². The molecular formula is C11H20O2. The van der Waals surface area contributed by atoms with Crippen LogP contribution in [0.5, 0.6) is 0 Å². The van der Waals surface area contributed by atoms with Crippen LogP contribution >= 0.6 is 0 Å². The summed E-state index contributed by atoms with van der Waals surface area (Å²) < 4.78 is 0. The molecular weight excluding hydrogens is 164 g/mol. The van der Waals surface area contributed by atoms with Gasteiger partial charge in [-0.05, 0) is 18.8 Å². The molecule has 1 N–H and O–H groups in total. The van der Waals surface area contributed by atoms with E-state index in [-0.39, 0.29) is 5.92 Å². The van der Waals surface area contributed by atoms with Crippen molar-refractivity contribution in [3.8, 4) is 0 Å². The van der Waals surface area contributed by atoms with Gasteiger partial charge in [0.1, 0.15) is 0 Å². The lowest BCUT2D eigenvalue weighted by molar-refractivity contribution is -0.141. The average Bonchev–Trinajstić information content (AvgIpc) is 2.15. The van der Waals surface area contributed by atoms with Gasteiger partial charge < -0.3 is 5.11 Å². The van der Waals surface area contributed by atoms with Gasteiger partial charge in [0.05, 0.1) is 5.92 Å². The van der Waals surface area contributed by atoms with Crippen LogP contribution in [0.1, 0.15) is 51.9 Å². The fourth-order valence-electron chi connectivity index (χ4n) is 2.08. The van der Waals surface area contributed by atoms with Gasteiger partial charge in [0.2, 0.25) is 0 Å². The lowest BCUT2D eigenvalue weighted by atomic mass is 9.84. The highest BCUT2D eigenvalue weighted by Crippen LogP contribution is 2.28. The minimum absolute atomic E-state index is 0.151. The van der Waals surface area contributed by atoms with Gasteiger partial charge in [-0.2, -0.15) is 0 Å². The number of aliphatic carboxylic acids is 1. The van der Waals surface area contributed by atoms with E-state index in [4.69, 9.17) is 5.11 Å². The molecule has 0 radical (unpaired) electrons. The Hall–Kier alpha value is -0.530. The summed E-state index contributed by atoms with van der Waals surface area (Å²) in [7, 11) is 0. The topological polar surface area (TPSA) is 37.3 Å². The predicted molar refractivity (Wildman–Crippen MR) is 52.6 cm³/mol. The van der Waals surface area contributed by atoms with Crippen LogP contribution in [-0.4, -0.2) is 11.1 Å². The highest BCUT2D eigenvalue weighted by Gasteiger charge is 2.16. The van der Waals surface area contributed by atoms with E-state index in [1.54, 1.807) is 0 Å². The molecule has 0 unspecified atom stereocenters. The van der Waals surface area contributed by atoms with E-state index < -0.39 is 5.97 Å². The Morgan fingerprint density at radius 3 is 2.54 bits per heavy atom. The number of carbonyl (C=O) groups is 1. The zero-order chi connectivity index (χ0) is 9.68. The highest BCUT2D eigenvalue weighted by molar-refractivity contribution is 5.69. The first-order chi connectivity index (χ1) is 6.20. The number of hydrogen-bond acceptors (Lipinski definition) is 1. The Labute approximate surface area is 80.3 Å². The van der Waals surface area contributed by atoms with Crippen LogP contribution in [0.3, 0.4) is 0 Å². The summed E-state index contributed by atoms with van der Waals surface area (Å²) in [5.74, 6) is 0.0216. The summed E-state index contributed by atoms with van der Waals surface area (Å²) in [5.41, 5.74) is 0. The molecule has 1 aliphatic rings. The molecule has 0 saturated heterocycles. The molecule has 1 atom stereocenters. The Morgan fingerprint density at radius 1 is 1.38 bits per heavy atom. The first-order valence-electron chi connectivity index (χ1n) is 5.43. The maximum Gasteiger partial charge on any atom is 0.306 e. The molecule has 0 amide bonds. The van der Waals surface area contributed by atoms with Crippen molar-refractivity contribution < 1.29 is 9.90 Å². The molecule has 1 aliphatic carbocycles. The van der Waals surface area contributed by atoms with E-state index in [1.165, 1.54) is 32.1 Å². The summed E-state index contributed by atoms with van der Waals surface area (Å²) in [6.07, 6.45) is 8.72. The van der Waals surface area contributed by atoms with Gasteiger partial charge in [-0.15, -0.1) is 0 Å². The Balaban J connectivity index is 2.13. The Bertz CT molecular complexity index is 159. The van der Waals surface area contributed by atoms with Crippen LogP contribution in [0, 0.1) is 11.8 Å². The van der Waals surface area contributed by atoms with Gasteiger partial charge >= 0.3 is 5.97 Å². The van der Waals surface area contributed by atoms with E-state index in [2.05, 4.69) is 0 Å². The summed E-state index contributed by atoms with van der Waals surface area (Å²) in [6.45, 7) is 1.81. The third-order valence-electron chi connectivity index (χ3n) is 3.15. The van der Waals surface area contributed by atoms with Crippen LogP contribution in [0.15, 0.2) is 0 Å². The van der Waals surface area contributed by atoms with Gasteiger partial charge in [-0.1, -0.05) is 39.0 Å². The maximum atomic E-state index is 10.6. The maximum absolute atomic E-state index is 10.6. The van der Waals surface area contributed by atoms with Crippen LogP contribution in [-0.2, 0) is 4.79 Å². The van der Waals surface area contributed by atoms with Gasteiger partial charge in [0.15, 0.2) is 0 Å². The number of rotatable bonds is 4. The Morgan fingerprint density at radius 2 is 2.00 bits per heavy atom. The summed E-state index contributed by atoms with van der Waals surface area (Å²) in [5, 5.41) is 8.71. The van der Waals surface area contributed by atoms with Crippen LogP contribution in [0.4, 0.5) is 0 Å². The highest BCUT2D eigenvalue weighted by atomic mass is 16.4. The number of carboxylic acid groups (broad SMARTS) is 1. The fourth-order valence-corrected chi connectivity index (χ4v) is 2.08. The van der Waals surface area contributed by atoms with Gasteiger partial charge in [-0.25, -0.2) is 0 Å². The lowest BCUT2D eigenvalue weighted by Gasteiger charge is -2.21. The van der Waals surface area contributed by atoms with Gasteiger partial charge in [0, 0.05) is 0 Å². The SMILES string of the molecule is C[C@H](CCC1CCCCC1)C(=O)O. The molecule has 76 valence electrons. The smallest absolute Gasteiger partial charge is 0.306 e. The molecule has 1 saturated carbocycles. The molecule has 0 aromatic heterocycles. The van der Waals surface area contributed by atoms with E-state index >= 15 is 0 Å². The Kier molecular flexibility index (Phi) is 4.26. The summed E-state index contributed by atoms with van der Waals surface area (Å²) in [4.78, 5) is 10.6. The zero-order valence-corrected chi connectivity index (χ0v) is 8.46. The fraction of sp³-hybridized carbons (Fsp3) is 0.909. The molecule has 1 rings (SSSR count). The molecule has 0 heterocycles. The van der Waals surface area contributed by atoms with E-state index in [0.29, 0.717) is 0 Å². The quantitative estimate of drug-likeness (QED) is 0.729. The molecule has 0 aliphatic heterocycles. The lowest BCUT2D eigenvalue weighted by Crippen LogP contribution is -2.13. The molecule has 2 nitrogen and oxygen atoms in total. The summed E-state index contributed by atoms with van der Waals surface area (Å²) in [6, 6.07) is 0. The van der Waals surface area contributed by atoms with Crippen molar-refractivity contribution in [2.45, 2.75) is 51.9 Å². The van der Waals surface area contributed by atoms with Crippen LogP contribution < -0.4 is 0 Å². The predicted octanol–water partition coefficient (Wildman–Crippen LogP) is 3.07. The number of carboxylic acids is 1. The molecule has 13 heavy (non-hydrogen) atoms. The van der Waals surface area contributed by atoms with Crippen molar-refractivity contribution in [2.24, 2.45) is 11.8 Å². The second kappa shape index (κ2) is 5.25. The van der Waals surface area contributed by atoms with E-state index in [9.17, 15) is 4.79 Å². The van der Waals surface area contributed by atoms with Crippen molar-refractivity contribution in [1.29, 1.82) is 0 Å². The summed E-state index contributed by atoms with van der Waals surface area (Å²) >= 11 is 0. The van der Waals surface area contributed by atoms with Crippen molar-refractivity contribution in [3.63, 3.8) is 0 Å². The molecule has 0 bridgehead atoms. The largest absolute Gasteiger partial charge is 0.481 e. The van der Waals surface area contributed by atoms with Gasteiger partial charge in [0.25, 0.3) is 0 Å². The molecule has 0 aromatic carbocycles. The van der Waals surface area contributed by atoms with Gasteiger partial charge in [-0.3, -0.25) is 4.79 Å². The third-order valence-corrected chi connectivity index (χ3v) is 3.15. The van der Waals surface area contributed by atoms with Crippen molar-refractivity contribution in [1.82, 2.24) is 0 Å². The van der Waals surface area contributed by atoms with Crippen molar-refractivity contribution in [2.75, 3.05) is 0 Å². The van der Waals surface area contributed by atoms with E-state index in [1.807, 2.05) is 6.92 Å². The normalized spacial score (nSPS) is 21.3. The average molecular weight is 184 g/mol. The third kappa shape index (κ3) is 3.79. The first kappa shape index (κ1) is 10.6. The van der Waals surface area contributed by atoms with Crippen LogP contribution in [0.25, 0.3) is 0 Å². The molecule has 1 fully saturated rings. The minimum Gasteiger partial charge on any atom is -0.481 e. The van der Waals surface area contributed by atoms with E-state index in [0.717, 1.165) is 18.8 Å². The van der Waals surface area contributed by atoms with Crippen molar-refractivity contribution in [3.05, 3.63) is 0 Å². The number of hydrogen-bond donors (Lipinski definition) is 1.